The van der Waals surface area contributed by atoms with Crippen LogP contribution in [0.4, 0.5) is 5.82 Å². The van der Waals surface area contributed by atoms with Crippen molar-refractivity contribution >= 4 is 11.7 Å². The Hall–Kier alpha value is -3.35. The van der Waals surface area contributed by atoms with Crippen LogP contribution in [-0.2, 0) is 0 Å². The SMILES string of the molecule is COc1cccc(-n2nc(C(=O)N3CCN(c4ccccn4)CC3)cc2C)c1. The number of rotatable bonds is 4. The Morgan fingerprint density at radius 2 is 1.86 bits per heavy atom. The third-order valence-corrected chi connectivity index (χ3v) is 4.94. The van der Waals surface area contributed by atoms with Crippen molar-refractivity contribution in [2.45, 2.75) is 6.92 Å². The van der Waals surface area contributed by atoms with Crippen molar-refractivity contribution in [2.24, 2.45) is 0 Å². The molecule has 7 nitrogen and oxygen atoms in total. The summed E-state index contributed by atoms with van der Waals surface area (Å²) in [5.74, 6) is 1.67. The number of aromatic nitrogens is 3. The molecule has 2 aromatic heterocycles. The lowest BCUT2D eigenvalue weighted by Crippen LogP contribution is -2.49. The largest absolute Gasteiger partial charge is 0.497 e. The van der Waals surface area contributed by atoms with Crippen molar-refractivity contribution in [1.29, 1.82) is 0 Å². The van der Waals surface area contributed by atoms with Gasteiger partial charge in [-0.3, -0.25) is 4.79 Å². The molecule has 1 aromatic carbocycles. The minimum atomic E-state index is -0.0367. The molecular weight excluding hydrogens is 354 g/mol. The first-order valence-corrected chi connectivity index (χ1v) is 9.32. The number of piperazine rings is 1. The number of benzene rings is 1. The number of anilines is 1. The number of hydrogen-bond donors (Lipinski definition) is 0. The minimum Gasteiger partial charge on any atom is -0.497 e. The third-order valence-electron chi connectivity index (χ3n) is 4.94. The lowest BCUT2D eigenvalue weighted by molar-refractivity contribution is 0.0740. The van der Waals surface area contributed by atoms with Crippen molar-refractivity contribution in [1.82, 2.24) is 19.7 Å². The summed E-state index contributed by atoms with van der Waals surface area (Å²) in [6, 6.07) is 15.4. The number of ether oxygens (including phenoxy) is 1. The van der Waals surface area contributed by atoms with Crippen molar-refractivity contribution in [3.8, 4) is 11.4 Å². The quantitative estimate of drug-likeness (QED) is 0.699. The predicted octanol–water partition coefficient (Wildman–Crippen LogP) is 2.55. The maximum atomic E-state index is 13.0. The number of methoxy groups -OCH3 is 1. The highest BCUT2D eigenvalue weighted by atomic mass is 16.5. The molecule has 7 heteroatoms. The summed E-state index contributed by atoms with van der Waals surface area (Å²) in [5, 5.41) is 4.55. The summed E-state index contributed by atoms with van der Waals surface area (Å²) in [5.41, 5.74) is 2.24. The molecule has 144 valence electrons. The smallest absolute Gasteiger partial charge is 0.274 e. The van der Waals surface area contributed by atoms with Crippen LogP contribution in [-0.4, -0.2) is 58.9 Å². The van der Waals surface area contributed by atoms with E-state index in [9.17, 15) is 4.79 Å². The molecule has 0 saturated carbocycles. The predicted molar refractivity (Wildman–Crippen MR) is 107 cm³/mol. The molecule has 0 spiro atoms. The zero-order valence-electron chi connectivity index (χ0n) is 16.1. The van der Waals surface area contributed by atoms with Crippen LogP contribution < -0.4 is 9.64 Å². The van der Waals surface area contributed by atoms with E-state index < -0.39 is 0 Å². The summed E-state index contributed by atoms with van der Waals surface area (Å²) < 4.78 is 7.06. The van der Waals surface area contributed by atoms with E-state index in [1.165, 1.54) is 0 Å². The highest BCUT2D eigenvalue weighted by Gasteiger charge is 2.25. The van der Waals surface area contributed by atoms with Crippen LogP contribution in [0.15, 0.2) is 54.7 Å². The number of carbonyl (C=O) groups excluding carboxylic acids is 1. The van der Waals surface area contributed by atoms with Crippen molar-refractivity contribution in [3.63, 3.8) is 0 Å². The zero-order chi connectivity index (χ0) is 19.5. The fourth-order valence-electron chi connectivity index (χ4n) is 3.42. The van der Waals surface area contributed by atoms with Crippen LogP contribution in [0.25, 0.3) is 5.69 Å². The molecule has 4 rings (SSSR count). The maximum Gasteiger partial charge on any atom is 0.274 e. The van der Waals surface area contributed by atoms with E-state index in [1.54, 1.807) is 18.0 Å². The van der Waals surface area contributed by atoms with Crippen molar-refractivity contribution < 1.29 is 9.53 Å². The maximum absolute atomic E-state index is 13.0. The van der Waals surface area contributed by atoms with Gasteiger partial charge in [0.1, 0.15) is 11.6 Å². The lowest BCUT2D eigenvalue weighted by atomic mass is 10.2. The molecule has 28 heavy (non-hydrogen) atoms. The summed E-state index contributed by atoms with van der Waals surface area (Å²) in [7, 11) is 1.63. The first-order chi connectivity index (χ1) is 13.7. The Kier molecular flexibility index (Phi) is 4.97. The molecule has 1 saturated heterocycles. The molecule has 1 amide bonds. The number of amides is 1. The van der Waals surface area contributed by atoms with Gasteiger partial charge in [0.15, 0.2) is 5.69 Å². The second-order valence-corrected chi connectivity index (χ2v) is 6.75. The second-order valence-electron chi connectivity index (χ2n) is 6.75. The number of pyridine rings is 1. The lowest BCUT2D eigenvalue weighted by Gasteiger charge is -2.35. The average molecular weight is 377 g/mol. The van der Waals surface area contributed by atoms with Gasteiger partial charge in [0.05, 0.1) is 12.8 Å². The Balaban J connectivity index is 1.47. The van der Waals surface area contributed by atoms with Gasteiger partial charge in [-0.25, -0.2) is 9.67 Å². The highest BCUT2D eigenvalue weighted by molar-refractivity contribution is 5.92. The Bertz CT molecular complexity index is 962. The van der Waals surface area contributed by atoms with E-state index in [-0.39, 0.29) is 5.91 Å². The molecule has 0 unspecified atom stereocenters. The number of nitrogens with zero attached hydrogens (tertiary/aromatic N) is 5. The second kappa shape index (κ2) is 7.72. The van der Waals surface area contributed by atoms with Crippen LogP contribution in [0.2, 0.25) is 0 Å². The molecule has 3 heterocycles. The molecule has 3 aromatic rings. The van der Waals surface area contributed by atoms with Gasteiger partial charge in [-0.15, -0.1) is 0 Å². The fourth-order valence-corrected chi connectivity index (χ4v) is 3.42. The van der Waals surface area contributed by atoms with E-state index in [0.717, 1.165) is 36.0 Å². The van der Waals surface area contributed by atoms with Crippen molar-refractivity contribution in [3.05, 3.63) is 66.1 Å². The van der Waals surface area contributed by atoms with Gasteiger partial charge in [-0.05, 0) is 37.3 Å². The molecular formula is C21H23N5O2. The molecule has 0 aliphatic carbocycles. The number of aryl methyl sites for hydroxylation is 1. The minimum absolute atomic E-state index is 0.0367. The number of hydrogen-bond acceptors (Lipinski definition) is 5. The normalized spacial score (nSPS) is 14.2. The molecule has 0 radical (unpaired) electrons. The van der Waals surface area contributed by atoms with Crippen molar-refractivity contribution in [2.75, 3.05) is 38.2 Å². The van der Waals surface area contributed by atoms with E-state index in [0.29, 0.717) is 18.8 Å². The topological polar surface area (TPSA) is 63.5 Å². The summed E-state index contributed by atoms with van der Waals surface area (Å²) in [4.78, 5) is 21.4. The fraction of sp³-hybridized carbons (Fsp3) is 0.286. The molecule has 1 fully saturated rings. The average Bonchev–Trinajstić information content (AvgIpc) is 3.15. The highest BCUT2D eigenvalue weighted by Crippen LogP contribution is 2.19. The summed E-state index contributed by atoms with van der Waals surface area (Å²) in [6.07, 6.45) is 1.79. The summed E-state index contributed by atoms with van der Waals surface area (Å²) in [6.45, 7) is 4.78. The van der Waals surface area contributed by atoms with Gasteiger partial charge in [0, 0.05) is 44.1 Å². The Morgan fingerprint density at radius 3 is 2.57 bits per heavy atom. The van der Waals surface area contributed by atoms with Gasteiger partial charge in [0.25, 0.3) is 5.91 Å². The van der Waals surface area contributed by atoms with E-state index in [4.69, 9.17) is 4.74 Å². The first-order valence-electron chi connectivity index (χ1n) is 9.32. The van der Waals surface area contributed by atoms with Gasteiger partial charge in [0.2, 0.25) is 0 Å². The molecule has 1 aliphatic rings. The van der Waals surface area contributed by atoms with Crippen LogP contribution in [0.5, 0.6) is 5.75 Å². The Labute approximate surface area is 164 Å². The molecule has 0 atom stereocenters. The Morgan fingerprint density at radius 1 is 1.04 bits per heavy atom. The van der Waals surface area contributed by atoms with E-state index in [1.807, 2.05) is 60.4 Å². The van der Waals surface area contributed by atoms with Gasteiger partial charge in [-0.2, -0.15) is 5.10 Å². The van der Waals surface area contributed by atoms with Gasteiger partial charge < -0.3 is 14.5 Å². The monoisotopic (exact) mass is 377 g/mol. The molecule has 0 N–H and O–H groups in total. The van der Waals surface area contributed by atoms with E-state index >= 15 is 0 Å². The zero-order valence-corrected chi connectivity index (χ0v) is 16.1. The van der Waals surface area contributed by atoms with Gasteiger partial charge in [-0.1, -0.05) is 12.1 Å². The van der Waals surface area contributed by atoms with Crippen LogP contribution in [0, 0.1) is 6.92 Å². The van der Waals surface area contributed by atoms with Gasteiger partial charge >= 0.3 is 0 Å². The first kappa shape index (κ1) is 18.0. The standard InChI is InChI=1S/C21H23N5O2/c1-16-14-19(23-26(16)17-6-5-7-18(15-17)28-2)21(27)25-12-10-24(11-13-25)20-8-3-4-9-22-20/h3-9,14-15H,10-13H2,1-2H3. The summed E-state index contributed by atoms with van der Waals surface area (Å²) >= 11 is 0. The third kappa shape index (κ3) is 3.55. The van der Waals surface area contributed by atoms with Crippen LogP contribution in [0.3, 0.4) is 0 Å². The molecule has 1 aliphatic heterocycles. The van der Waals surface area contributed by atoms with E-state index in [2.05, 4.69) is 15.0 Å². The number of carbonyl (C=O) groups is 1. The van der Waals surface area contributed by atoms with Crippen LogP contribution in [0.1, 0.15) is 16.2 Å². The molecule has 0 bridgehead atoms. The van der Waals surface area contributed by atoms with Crippen LogP contribution >= 0.6 is 0 Å².